The number of hydrogen-bond donors (Lipinski definition) is 2. The van der Waals surface area contributed by atoms with E-state index < -0.39 is 0 Å². The summed E-state index contributed by atoms with van der Waals surface area (Å²) in [7, 11) is 0. The van der Waals surface area contributed by atoms with Crippen molar-refractivity contribution in [3.05, 3.63) is 23.9 Å². The first-order valence-electron chi connectivity index (χ1n) is 5.06. The van der Waals surface area contributed by atoms with Gasteiger partial charge in [0.2, 0.25) is 5.91 Å². The number of carbonyl (C=O) groups is 1. The predicted molar refractivity (Wildman–Crippen MR) is 60.5 cm³/mol. The second kappa shape index (κ2) is 5.46. The minimum atomic E-state index is -0.0383. The maximum Gasteiger partial charge on any atom is 0.225 e. The Morgan fingerprint density at radius 1 is 1.60 bits per heavy atom. The Balaban J connectivity index is 2.41. The van der Waals surface area contributed by atoms with Crippen LogP contribution in [0.3, 0.4) is 0 Å². The van der Waals surface area contributed by atoms with Gasteiger partial charge in [-0.05, 0) is 31.9 Å². The number of carbonyl (C=O) groups excluding carboxylic acids is 1. The molecule has 1 aromatic heterocycles. The normalized spacial score (nSPS) is 12.2. The van der Waals surface area contributed by atoms with Crippen LogP contribution in [0.5, 0.6) is 0 Å². The van der Waals surface area contributed by atoms with Gasteiger partial charge in [-0.15, -0.1) is 0 Å². The third-order valence-corrected chi connectivity index (χ3v) is 2.01. The molecular weight excluding hydrogens is 190 g/mol. The molecule has 0 aliphatic heterocycles. The van der Waals surface area contributed by atoms with Crippen LogP contribution in [-0.4, -0.2) is 16.9 Å². The highest BCUT2D eigenvalue weighted by Gasteiger charge is 2.04. The molecule has 4 nitrogen and oxygen atoms in total. The lowest BCUT2D eigenvalue weighted by Gasteiger charge is -2.06. The van der Waals surface area contributed by atoms with Crippen LogP contribution in [0, 0.1) is 6.92 Å². The molecule has 1 heterocycles. The van der Waals surface area contributed by atoms with Gasteiger partial charge in [0.1, 0.15) is 5.82 Å². The third kappa shape index (κ3) is 4.56. The van der Waals surface area contributed by atoms with Gasteiger partial charge in [0.25, 0.3) is 0 Å². The first kappa shape index (κ1) is 11.7. The standard InChI is InChI=1S/C11H17N3O/c1-8-3-5-10(13-7-8)14-11(15)6-4-9(2)12/h3,5,7,9H,4,6,12H2,1-2H3,(H,13,14,15). The maximum absolute atomic E-state index is 11.4. The molecule has 0 spiro atoms. The van der Waals surface area contributed by atoms with E-state index in [1.54, 1.807) is 12.3 Å². The average Bonchev–Trinajstić information content (AvgIpc) is 2.19. The molecule has 0 saturated heterocycles. The molecule has 0 aliphatic rings. The summed E-state index contributed by atoms with van der Waals surface area (Å²) in [5.41, 5.74) is 6.63. The van der Waals surface area contributed by atoms with E-state index in [2.05, 4.69) is 10.3 Å². The van der Waals surface area contributed by atoms with Crippen LogP contribution in [0.2, 0.25) is 0 Å². The molecular formula is C11H17N3O. The Kier molecular flexibility index (Phi) is 4.24. The zero-order valence-electron chi connectivity index (χ0n) is 9.16. The number of aryl methyl sites for hydroxylation is 1. The van der Waals surface area contributed by atoms with Crippen LogP contribution < -0.4 is 11.1 Å². The molecule has 15 heavy (non-hydrogen) atoms. The molecule has 1 amide bonds. The number of amides is 1. The van der Waals surface area contributed by atoms with E-state index in [-0.39, 0.29) is 11.9 Å². The minimum absolute atomic E-state index is 0.0383. The van der Waals surface area contributed by atoms with Gasteiger partial charge in [0.15, 0.2) is 0 Å². The molecule has 1 rings (SSSR count). The SMILES string of the molecule is Cc1ccc(NC(=O)CCC(C)N)nc1. The average molecular weight is 207 g/mol. The Morgan fingerprint density at radius 2 is 2.33 bits per heavy atom. The first-order chi connectivity index (χ1) is 7.08. The van der Waals surface area contributed by atoms with Crippen LogP contribution >= 0.6 is 0 Å². The zero-order valence-corrected chi connectivity index (χ0v) is 9.16. The van der Waals surface area contributed by atoms with Crippen molar-refractivity contribution < 1.29 is 4.79 Å². The van der Waals surface area contributed by atoms with Gasteiger partial charge in [-0.2, -0.15) is 0 Å². The molecule has 1 unspecified atom stereocenters. The fourth-order valence-corrected chi connectivity index (χ4v) is 1.11. The van der Waals surface area contributed by atoms with E-state index >= 15 is 0 Å². The predicted octanol–water partition coefficient (Wildman–Crippen LogP) is 1.46. The van der Waals surface area contributed by atoms with E-state index in [0.29, 0.717) is 18.7 Å². The molecule has 0 bridgehead atoms. The van der Waals surface area contributed by atoms with Gasteiger partial charge in [0.05, 0.1) is 0 Å². The van der Waals surface area contributed by atoms with Crippen molar-refractivity contribution in [2.75, 3.05) is 5.32 Å². The second-order valence-corrected chi connectivity index (χ2v) is 3.78. The number of anilines is 1. The molecule has 0 radical (unpaired) electrons. The highest BCUT2D eigenvalue weighted by molar-refractivity contribution is 5.89. The lowest BCUT2D eigenvalue weighted by atomic mass is 10.2. The summed E-state index contributed by atoms with van der Waals surface area (Å²) in [5, 5.41) is 2.72. The zero-order chi connectivity index (χ0) is 11.3. The summed E-state index contributed by atoms with van der Waals surface area (Å²) in [6, 6.07) is 3.76. The summed E-state index contributed by atoms with van der Waals surface area (Å²) >= 11 is 0. The minimum Gasteiger partial charge on any atom is -0.328 e. The summed E-state index contributed by atoms with van der Waals surface area (Å²) < 4.78 is 0. The topological polar surface area (TPSA) is 68.0 Å². The number of aromatic nitrogens is 1. The molecule has 0 aromatic carbocycles. The Bertz CT molecular complexity index is 319. The Labute approximate surface area is 89.9 Å². The van der Waals surface area contributed by atoms with Crippen molar-refractivity contribution in [1.82, 2.24) is 4.98 Å². The number of nitrogens with one attached hydrogen (secondary N) is 1. The number of pyridine rings is 1. The number of nitrogens with two attached hydrogens (primary N) is 1. The van der Waals surface area contributed by atoms with E-state index in [9.17, 15) is 4.79 Å². The van der Waals surface area contributed by atoms with Crippen molar-refractivity contribution in [2.24, 2.45) is 5.73 Å². The van der Waals surface area contributed by atoms with E-state index in [4.69, 9.17) is 5.73 Å². The van der Waals surface area contributed by atoms with E-state index in [0.717, 1.165) is 5.56 Å². The van der Waals surface area contributed by atoms with Crippen LogP contribution in [0.1, 0.15) is 25.3 Å². The largest absolute Gasteiger partial charge is 0.328 e. The third-order valence-electron chi connectivity index (χ3n) is 2.01. The Morgan fingerprint density at radius 3 is 2.87 bits per heavy atom. The highest BCUT2D eigenvalue weighted by atomic mass is 16.1. The molecule has 0 aliphatic carbocycles. The van der Waals surface area contributed by atoms with Crippen LogP contribution in [0.4, 0.5) is 5.82 Å². The van der Waals surface area contributed by atoms with Gasteiger partial charge in [-0.3, -0.25) is 4.79 Å². The highest BCUT2D eigenvalue weighted by Crippen LogP contribution is 2.05. The van der Waals surface area contributed by atoms with Crippen molar-refractivity contribution in [2.45, 2.75) is 32.7 Å². The lowest BCUT2D eigenvalue weighted by molar-refractivity contribution is -0.116. The molecule has 1 aromatic rings. The van der Waals surface area contributed by atoms with E-state index in [1.165, 1.54) is 0 Å². The van der Waals surface area contributed by atoms with Crippen molar-refractivity contribution in [3.63, 3.8) is 0 Å². The second-order valence-electron chi connectivity index (χ2n) is 3.78. The van der Waals surface area contributed by atoms with Gasteiger partial charge in [-0.25, -0.2) is 4.98 Å². The van der Waals surface area contributed by atoms with Crippen LogP contribution in [0.15, 0.2) is 18.3 Å². The summed E-state index contributed by atoms with van der Waals surface area (Å²) in [6.45, 7) is 3.84. The number of rotatable bonds is 4. The number of nitrogens with zero attached hydrogens (tertiary/aromatic N) is 1. The van der Waals surface area contributed by atoms with Crippen LogP contribution in [-0.2, 0) is 4.79 Å². The maximum atomic E-state index is 11.4. The van der Waals surface area contributed by atoms with Gasteiger partial charge < -0.3 is 11.1 Å². The molecule has 0 saturated carbocycles. The molecule has 4 heteroatoms. The van der Waals surface area contributed by atoms with Crippen molar-refractivity contribution >= 4 is 11.7 Å². The fraction of sp³-hybridized carbons (Fsp3) is 0.455. The van der Waals surface area contributed by atoms with E-state index in [1.807, 2.05) is 19.9 Å². The Hall–Kier alpha value is -1.42. The van der Waals surface area contributed by atoms with Crippen molar-refractivity contribution in [1.29, 1.82) is 0 Å². The quantitative estimate of drug-likeness (QED) is 0.785. The lowest BCUT2D eigenvalue weighted by Crippen LogP contribution is -2.19. The van der Waals surface area contributed by atoms with Gasteiger partial charge in [0, 0.05) is 18.7 Å². The summed E-state index contributed by atoms with van der Waals surface area (Å²) in [5.74, 6) is 0.555. The van der Waals surface area contributed by atoms with Crippen LogP contribution in [0.25, 0.3) is 0 Å². The number of hydrogen-bond acceptors (Lipinski definition) is 3. The summed E-state index contributed by atoms with van der Waals surface area (Å²) in [4.78, 5) is 15.5. The van der Waals surface area contributed by atoms with Crippen molar-refractivity contribution in [3.8, 4) is 0 Å². The fourth-order valence-electron chi connectivity index (χ4n) is 1.11. The smallest absolute Gasteiger partial charge is 0.225 e. The first-order valence-corrected chi connectivity index (χ1v) is 5.06. The van der Waals surface area contributed by atoms with Gasteiger partial charge >= 0.3 is 0 Å². The summed E-state index contributed by atoms with van der Waals surface area (Å²) in [6.07, 6.45) is 2.85. The molecule has 3 N–H and O–H groups in total. The molecule has 1 atom stereocenters. The molecule has 0 fully saturated rings. The van der Waals surface area contributed by atoms with Gasteiger partial charge in [-0.1, -0.05) is 6.07 Å². The molecule has 82 valence electrons. The monoisotopic (exact) mass is 207 g/mol.